The molecule has 1 aliphatic heterocycles. The fraction of sp³-hybridized carbons (Fsp3) is 0.227. The van der Waals surface area contributed by atoms with Crippen LogP contribution in [0.2, 0.25) is 0 Å². The van der Waals surface area contributed by atoms with Gasteiger partial charge < -0.3 is 10.6 Å². The maximum absolute atomic E-state index is 13.1. The van der Waals surface area contributed by atoms with Crippen LogP contribution in [0.4, 0.5) is 5.69 Å². The monoisotopic (exact) mass is 371 g/mol. The molecule has 1 unspecified atom stereocenters. The Morgan fingerprint density at radius 1 is 1.21 bits per heavy atom. The molecule has 0 saturated carbocycles. The van der Waals surface area contributed by atoms with Gasteiger partial charge in [0, 0.05) is 24.3 Å². The van der Waals surface area contributed by atoms with E-state index >= 15 is 0 Å². The minimum atomic E-state index is -0.0492. The number of carbonyl (C=O) groups is 1. The highest BCUT2D eigenvalue weighted by atomic mass is 16.2. The lowest BCUT2D eigenvalue weighted by atomic mass is 10.1. The van der Waals surface area contributed by atoms with Crippen molar-refractivity contribution in [3.63, 3.8) is 0 Å². The minimum absolute atomic E-state index is 0.0492. The summed E-state index contributed by atoms with van der Waals surface area (Å²) in [5.74, 6) is -0.0492. The summed E-state index contributed by atoms with van der Waals surface area (Å²) in [7, 11) is 0. The highest BCUT2D eigenvalue weighted by Crippen LogP contribution is 2.30. The van der Waals surface area contributed by atoms with E-state index in [9.17, 15) is 4.79 Å². The van der Waals surface area contributed by atoms with Gasteiger partial charge in [-0.1, -0.05) is 24.3 Å². The number of carbonyl (C=O) groups excluding carboxylic acids is 1. The average molecular weight is 371 g/mol. The first-order valence-corrected chi connectivity index (χ1v) is 9.20. The van der Waals surface area contributed by atoms with Crippen molar-refractivity contribution >= 4 is 11.6 Å². The maximum atomic E-state index is 13.1. The Kier molecular flexibility index (Phi) is 4.36. The number of nitrogens with two attached hydrogens (primary N) is 1. The fourth-order valence-corrected chi connectivity index (χ4v) is 3.62. The molecular formula is C22H21N5O. The van der Waals surface area contributed by atoms with E-state index in [1.165, 1.54) is 0 Å². The summed E-state index contributed by atoms with van der Waals surface area (Å²) in [4.78, 5) is 14.9. The predicted octanol–water partition coefficient (Wildman–Crippen LogP) is 3.53. The molecule has 2 aromatic carbocycles. The van der Waals surface area contributed by atoms with Gasteiger partial charge in [-0.15, -0.1) is 0 Å². The largest absolute Gasteiger partial charge is 0.398 e. The molecule has 140 valence electrons. The lowest BCUT2D eigenvalue weighted by molar-refractivity contribution is 0.0651. The van der Waals surface area contributed by atoms with Crippen molar-refractivity contribution in [2.45, 2.75) is 26.4 Å². The van der Waals surface area contributed by atoms with Crippen LogP contribution in [0.3, 0.4) is 0 Å². The van der Waals surface area contributed by atoms with E-state index < -0.39 is 0 Å². The van der Waals surface area contributed by atoms with Gasteiger partial charge in [0.05, 0.1) is 23.4 Å². The number of fused-ring (bicyclic) bond motifs is 1. The van der Waals surface area contributed by atoms with Gasteiger partial charge in [0.2, 0.25) is 0 Å². The fourth-order valence-electron chi connectivity index (χ4n) is 3.62. The molecule has 2 heterocycles. The van der Waals surface area contributed by atoms with E-state index in [1.54, 1.807) is 16.8 Å². The number of hydrogen-bond acceptors (Lipinski definition) is 4. The van der Waals surface area contributed by atoms with E-state index in [4.69, 9.17) is 11.0 Å². The van der Waals surface area contributed by atoms with Crippen molar-refractivity contribution in [1.82, 2.24) is 14.7 Å². The number of nitriles is 1. The number of hydrogen-bond donors (Lipinski definition) is 1. The molecular weight excluding hydrogens is 350 g/mol. The second-order valence-corrected chi connectivity index (χ2v) is 7.29. The van der Waals surface area contributed by atoms with Gasteiger partial charge in [0.25, 0.3) is 5.91 Å². The molecule has 1 aromatic heterocycles. The maximum Gasteiger partial charge on any atom is 0.272 e. The molecule has 4 rings (SSSR count). The van der Waals surface area contributed by atoms with Crippen molar-refractivity contribution in [1.29, 1.82) is 5.26 Å². The zero-order chi connectivity index (χ0) is 19.8. The van der Waals surface area contributed by atoms with Gasteiger partial charge in [-0.25, -0.2) is 0 Å². The third-order valence-corrected chi connectivity index (χ3v) is 5.08. The highest BCUT2D eigenvalue weighted by molar-refractivity contribution is 5.95. The zero-order valence-electron chi connectivity index (χ0n) is 15.9. The molecule has 1 amide bonds. The molecule has 0 fully saturated rings. The number of benzene rings is 2. The Balaban J connectivity index is 1.63. The van der Waals surface area contributed by atoms with E-state index in [0.29, 0.717) is 35.7 Å². The van der Waals surface area contributed by atoms with Crippen molar-refractivity contribution in [2.75, 3.05) is 12.3 Å². The molecule has 6 nitrogen and oxygen atoms in total. The van der Waals surface area contributed by atoms with Crippen LogP contribution >= 0.6 is 0 Å². The molecule has 1 atom stereocenters. The summed E-state index contributed by atoms with van der Waals surface area (Å²) < 4.78 is 1.80. The third kappa shape index (κ3) is 3.12. The smallest absolute Gasteiger partial charge is 0.272 e. The highest BCUT2D eigenvalue weighted by Gasteiger charge is 2.31. The van der Waals surface area contributed by atoms with Gasteiger partial charge in [-0.3, -0.25) is 9.48 Å². The second kappa shape index (κ2) is 6.86. The first kappa shape index (κ1) is 17.8. The van der Waals surface area contributed by atoms with Gasteiger partial charge in [-0.2, -0.15) is 10.4 Å². The molecule has 0 bridgehead atoms. The van der Waals surface area contributed by atoms with E-state index in [-0.39, 0.29) is 11.9 Å². The lowest BCUT2D eigenvalue weighted by Crippen LogP contribution is -2.41. The number of anilines is 1. The number of aryl methyl sites for hydroxylation is 1. The summed E-state index contributed by atoms with van der Waals surface area (Å²) in [6.07, 6.45) is 0. The molecule has 6 heteroatoms. The molecule has 3 aromatic rings. The SMILES string of the molecule is Cc1ccc(-c2cc3n(n2)C(C)CN(Cc2ccc(C#N)cc2)C3=O)c(N)c1. The summed E-state index contributed by atoms with van der Waals surface area (Å²) in [5.41, 5.74) is 11.6. The van der Waals surface area contributed by atoms with Gasteiger partial charge in [-0.05, 0) is 49.2 Å². The normalized spacial score (nSPS) is 16.0. The number of rotatable bonds is 3. The number of nitrogen functional groups attached to an aromatic ring is 1. The van der Waals surface area contributed by atoms with Crippen LogP contribution in [0.25, 0.3) is 11.3 Å². The van der Waals surface area contributed by atoms with Gasteiger partial charge >= 0.3 is 0 Å². The lowest BCUT2D eigenvalue weighted by Gasteiger charge is -2.31. The van der Waals surface area contributed by atoms with Crippen LogP contribution in [0.1, 0.15) is 40.1 Å². The van der Waals surface area contributed by atoms with Crippen molar-refractivity contribution in [2.24, 2.45) is 0 Å². The summed E-state index contributed by atoms with van der Waals surface area (Å²) in [6.45, 7) is 5.13. The molecule has 0 spiro atoms. The van der Waals surface area contributed by atoms with Crippen LogP contribution in [0.5, 0.6) is 0 Å². The standard InChI is InChI=1S/C22H21N5O/c1-14-3-8-18(19(24)9-14)20-10-21-22(28)26(12-15(2)27(21)25-20)13-17-6-4-16(11-23)5-7-17/h3-10,15H,12-13,24H2,1-2H3. The first-order valence-electron chi connectivity index (χ1n) is 9.20. The Morgan fingerprint density at radius 3 is 2.64 bits per heavy atom. The van der Waals surface area contributed by atoms with Crippen LogP contribution in [-0.4, -0.2) is 27.1 Å². The Bertz CT molecular complexity index is 1090. The average Bonchev–Trinajstić information content (AvgIpc) is 3.12. The van der Waals surface area contributed by atoms with E-state index in [1.807, 2.05) is 48.2 Å². The zero-order valence-corrected chi connectivity index (χ0v) is 15.9. The molecule has 0 aliphatic carbocycles. The number of amides is 1. The van der Waals surface area contributed by atoms with E-state index in [0.717, 1.165) is 16.7 Å². The quantitative estimate of drug-likeness (QED) is 0.714. The van der Waals surface area contributed by atoms with Crippen molar-refractivity contribution < 1.29 is 4.79 Å². The molecule has 0 saturated heterocycles. The predicted molar refractivity (Wildman–Crippen MR) is 107 cm³/mol. The molecule has 0 radical (unpaired) electrons. The van der Waals surface area contributed by atoms with Crippen LogP contribution in [0, 0.1) is 18.3 Å². The number of aromatic nitrogens is 2. The van der Waals surface area contributed by atoms with Crippen LogP contribution < -0.4 is 5.73 Å². The minimum Gasteiger partial charge on any atom is -0.398 e. The second-order valence-electron chi connectivity index (χ2n) is 7.29. The Hall–Kier alpha value is -3.59. The summed E-state index contributed by atoms with van der Waals surface area (Å²) >= 11 is 0. The van der Waals surface area contributed by atoms with Gasteiger partial charge in [0.15, 0.2) is 0 Å². The summed E-state index contributed by atoms with van der Waals surface area (Å²) in [5, 5.41) is 13.6. The topological polar surface area (TPSA) is 87.9 Å². The Morgan fingerprint density at radius 2 is 1.96 bits per heavy atom. The molecule has 1 aliphatic rings. The van der Waals surface area contributed by atoms with Crippen LogP contribution in [0.15, 0.2) is 48.5 Å². The van der Waals surface area contributed by atoms with Crippen LogP contribution in [-0.2, 0) is 6.54 Å². The summed E-state index contributed by atoms with van der Waals surface area (Å²) in [6, 6.07) is 17.2. The Labute approximate surface area is 163 Å². The molecule has 28 heavy (non-hydrogen) atoms. The number of nitrogens with zero attached hydrogens (tertiary/aromatic N) is 4. The molecule has 2 N–H and O–H groups in total. The van der Waals surface area contributed by atoms with Gasteiger partial charge in [0.1, 0.15) is 5.69 Å². The van der Waals surface area contributed by atoms with Crippen molar-refractivity contribution in [3.05, 3.63) is 70.9 Å². The van der Waals surface area contributed by atoms with Crippen molar-refractivity contribution in [3.8, 4) is 17.3 Å². The third-order valence-electron chi connectivity index (χ3n) is 5.08. The van der Waals surface area contributed by atoms with E-state index in [2.05, 4.69) is 18.1 Å². The first-order chi connectivity index (χ1) is 13.5.